The third-order valence-electron chi connectivity index (χ3n) is 2.73. The van der Waals surface area contributed by atoms with Crippen molar-refractivity contribution in [3.05, 3.63) is 57.3 Å². The van der Waals surface area contributed by atoms with Crippen molar-refractivity contribution in [3.8, 4) is 6.07 Å². The molecule has 0 bridgehead atoms. The van der Waals surface area contributed by atoms with E-state index in [1.54, 1.807) is 37.4 Å². The predicted molar refractivity (Wildman–Crippen MR) is 80.8 cm³/mol. The van der Waals surface area contributed by atoms with Gasteiger partial charge >= 0.3 is 0 Å². The summed E-state index contributed by atoms with van der Waals surface area (Å²) in [6.07, 6.45) is 1.52. The molecule has 4 nitrogen and oxygen atoms in total. The predicted octanol–water partition coefficient (Wildman–Crippen LogP) is 3.65. The molecule has 100 valence electrons. The molecule has 0 spiro atoms. The highest BCUT2D eigenvalue weighted by molar-refractivity contribution is 9.10. The van der Waals surface area contributed by atoms with Crippen LogP contribution in [0.4, 0.5) is 5.69 Å². The summed E-state index contributed by atoms with van der Waals surface area (Å²) in [7, 11) is 1.59. The molecule has 0 aliphatic heterocycles. The Hall–Kier alpha value is -1.90. The molecular weight excluding hydrogens is 342 g/mol. The number of carbonyl (C=O) groups excluding carboxylic acids is 1. The van der Waals surface area contributed by atoms with Crippen LogP contribution in [0.15, 0.2) is 41.0 Å². The molecular formula is C14H9BrClN3O. The van der Waals surface area contributed by atoms with Crippen LogP contribution in [0.25, 0.3) is 0 Å². The summed E-state index contributed by atoms with van der Waals surface area (Å²) in [6, 6.07) is 10.5. The standard InChI is InChI=1S/C14H9BrClN3O/c1-19(12-5-3-2-4-9(12)7-17)14(20)11-6-10(15)8-18-13(11)16/h2-6,8H,1H3. The van der Waals surface area contributed by atoms with E-state index in [4.69, 9.17) is 16.9 Å². The maximum Gasteiger partial charge on any atom is 0.261 e. The lowest BCUT2D eigenvalue weighted by Gasteiger charge is -2.19. The number of pyridine rings is 1. The van der Waals surface area contributed by atoms with Crippen LogP contribution in [0.2, 0.25) is 5.15 Å². The summed E-state index contributed by atoms with van der Waals surface area (Å²) in [6.45, 7) is 0. The van der Waals surface area contributed by atoms with Gasteiger partial charge in [-0.25, -0.2) is 4.98 Å². The SMILES string of the molecule is CN(C(=O)c1cc(Br)cnc1Cl)c1ccccc1C#N. The first-order valence-electron chi connectivity index (χ1n) is 5.63. The quantitative estimate of drug-likeness (QED) is 0.777. The Morgan fingerprint density at radius 3 is 2.85 bits per heavy atom. The molecule has 0 radical (unpaired) electrons. The van der Waals surface area contributed by atoms with Gasteiger partial charge in [0.15, 0.2) is 0 Å². The maximum absolute atomic E-state index is 12.5. The van der Waals surface area contributed by atoms with Gasteiger partial charge < -0.3 is 4.90 Å². The van der Waals surface area contributed by atoms with E-state index >= 15 is 0 Å². The molecule has 0 N–H and O–H groups in total. The highest BCUT2D eigenvalue weighted by Gasteiger charge is 2.19. The summed E-state index contributed by atoms with van der Waals surface area (Å²) >= 11 is 9.21. The van der Waals surface area contributed by atoms with E-state index < -0.39 is 0 Å². The number of para-hydroxylation sites is 1. The maximum atomic E-state index is 12.5. The zero-order valence-corrected chi connectivity index (χ0v) is 12.8. The average Bonchev–Trinajstić information content (AvgIpc) is 2.48. The summed E-state index contributed by atoms with van der Waals surface area (Å²) in [4.78, 5) is 17.8. The fourth-order valence-corrected chi connectivity index (χ4v) is 2.24. The van der Waals surface area contributed by atoms with Gasteiger partial charge in [-0.15, -0.1) is 0 Å². The zero-order chi connectivity index (χ0) is 14.7. The van der Waals surface area contributed by atoms with Crippen molar-refractivity contribution in [2.45, 2.75) is 0 Å². The van der Waals surface area contributed by atoms with Crippen LogP contribution in [0.3, 0.4) is 0 Å². The van der Waals surface area contributed by atoms with Crippen LogP contribution in [0.1, 0.15) is 15.9 Å². The lowest BCUT2D eigenvalue weighted by Crippen LogP contribution is -2.27. The van der Waals surface area contributed by atoms with Gasteiger partial charge in [0, 0.05) is 17.7 Å². The minimum Gasteiger partial charge on any atom is -0.310 e. The van der Waals surface area contributed by atoms with Gasteiger partial charge in [-0.2, -0.15) is 5.26 Å². The lowest BCUT2D eigenvalue weighted by molar-refractivity contribution is 0.0992. The molecule has 1 amide bonds. The molecule has 1 aromatic heterocycles. The number of anilines is 1. The van der Waals surface area contributed by atoms with Crippen LogP contribution in [0.5, 0.6) is 0 Å². The van der Waals surface area contributed by atoms with Crippen LogP contribution < -0.4 is 4.90 Å². The number of nitriles is 1. The van der Waals surface area contributed by atoms with E-state index in [2.05, 4.69) is 27.0 Å². The summed E-state index contributed by atoms with van der Waals surface area (Å²) in [5.74, 6) is -0.327. The highest BCUT2D eigenvalue weighted by atomic mass is 79.9. The van der Waals surface area contributed by atoms with Crippen LogP contribution in [0, 0.1) is 11.3 Å². The Balaban J connectivity index is 2.43. The Kier molecular flexibility index (Phi) is 4.38. The summed E-state index contributed by atoms with van der Waals surface area (Å²) in [5.41, 5.74) is 1.22. The van der Waals surface area contributed by atoms with Gasteiger partial charge in [0.05, 0.1) is 16.8 Å². The van der Waals surface area contributed by atoms with E-state index in [0.717, 1.165) is 0 Å². The number of halogens is 2. The van der Waals surface area contributed by atoms with Gasteiger partial charge in [0.1, 0.15) is 11.2 Å². The van der Waals surface area contributed by atoms with Crippen LogP contribution >= 0.6 is 27.5 Å². The lowest BCUT2D eigenvalue weighted by atomic mass is 10.1. The first-order chi connectivity index (χ1) is 9.54. The molecule has 0 aliphatic carbocycles. The molecule has 0 saturated heterocycles. The molecule has 0 saturated carbocycles. The highest BCUT2D eigenvalue weighted by Crippen LogP contribution is 2.24. The van der Waals surface area contributed by atoms with E-state index in [0.29, 0.717) is 15.7 Å². The molecule has 0 atom stereocenters. The van der Waals surface area contributed by atoms with Crippen LogP contribution in [-0.4, -0.2) is 17.9 Å². The number of nitrogens with zero attached hydrogens (tertiary/aromatic N) is 3. The molecule has 1 heterocycles. The Bertz CT molecular complexity index is 712. The number of aromatic nitrogens is 1. The van der Waals surface area contributed by atoms with Gasteiger partial charge in [-0.1, -0.05) is 23.7 Å². The second-order valence-electron chi connectivity index (χ2n) is 3.99. The average molecular weight is 351 g/mol. The molecule has 1 aromatic carbocycles. The number of hydrogen-bond donors (Lipinski definition) is 0. The molecule has 0 aliphatic rings. The third kappa shape index (κ3) is 2.82. The van der Waals surface area contributed by atoms with Crippen molar-refractivity contribution in [2.24, 2.45) is 0 Å². The Morgan fingerprint density at radius 1 is 1.45 bits per heavy atom. The number of rotatable bonds is 2. The van der Waals surface area contributed by atoms with Crippen molar-refractivity contribution in [1.82, 2.24) is 4.98 Å². The first-order valence-corrected chi connectivity index (χ1v) is 6.80. The topological polar surface area (TPSA) is 57.0 Å². The smallest absolute Gasteiger partial charge is 0.261 e. The molecule has 0 fully saturated rings. The Morgan fingerprint density at radius 2 is 2.15 bits per heavy atom. The summed E-state index contributed by atoms with van der Waals surface area (Å²) in [5, 5.41) is 9.21. The largest absolute Gasteiger partial charge is 0.310 e. The van der Waals surface area contributed by atoms with Gasteiger partial charge in [0.2, 0.25) is 0 Å². The van der Waals surface area contributed by atoms with Crippen molar-refractivity contribution in [3.63, 3.8) is 0 Å². The Labute approximate surface area is 129 Å². The van der Waals surface area contributed by atoms with Crippen LogP contribution in [-0.2, 0) is 0 Å². The summed E-state index contributed by atoms with van der Waals surface area (Å²) < 4.78 is 0.659. The molecule has 0 unspecified atom stereocenters. The van der Waals surface area contributed by atoms with Gasteiger partial charge in [0.25, 0.3) is 5.91 Å². The van der Waals surface area contributed by atoms with E-state index in [1.807, 2.05) is 0 Å². The minimum atomic E-state index is -0.327. The second kappa shape index (κ2) is 6.04. The number of carbonyl (C=O) groups is 1. The van der Waals surface area contributed by atoms with E-state index in [-0.39, 0.29) is 16.6 Å². The normalized spacial score (nSPS) is 9.90. The van der Waals surface area contributed by atoms with E-state index in [9.17, 15) is 4.79 Å². The molecule has 6 heteroatoms. The molecule has 2 aromatic rings. The second-order valence-corrected chi connectivity index (χ2v) is 5.26. The number of benzene rings is 1. The first kappa shape index (κ1) is 14.5. The van der Waals surface area contributed by atoms with Crippen molar-refractivity contribution < 1.29 is 4.79 Å². The minimum absolute atomic E-state index is 0.125. The van der Waals surface area contributed by atoms with Crippen molar-refractivity contribution in [1.29, 1.82) is 5.26 Å². The van der Waals surface area contributed by atoms with E-state index in [1.165, 1.54) is 11.1 Å². The fraction of sp³-hybridized carbons (Fsp3) is 0.0714. The fourth-order valence-electron chi connectivity index (χ4n) is 1.72. The van der Waals surface area contributed by atoms with Crippen molar-refractivity contribution >= 4 is 39.1 Å². The third-order valence-corrected chi connectivity index (χ3v) is 3.46. The van der Waals surface area contributed by atoms with Gasteiger partial charge in [-0.3, -0.25) is 4.79 Å². The molecule has 20 heavy (non-hydrogen) atoms. The zero-order valence-electron chi connectivity index (χ0n) is 10.5. The monoisotopic (exact) mass is 349 g/mol. The number of hydrogen-bond acceptors (Lipinski definition) is 3. The van der Waals surface area contributed by atoms with Gasteiger partial charge in [-0.05, 0) is 34.1 Å². The number of amides is 1. The van der Waals surface area contributed by atoms with Crippen molar-refractivity contribution in [2.75, 3.05) is 11.9 Å². The molecule has 2 rings (SSSR count).